The van der Waals surface area contributed by atoms with Crippen LogP contribution in [0.4, 0.5) is 11.6 Å². The Morgan fingerprint density at radius 2 is 2.15 bits per heavy atom. The lowest BCUT2D eigenvalue weighted by Crippen LogP contribution is -2.29. The zero-order chi connectivity index (χ0) is 18.1. The van der Waals surface area contributed by atoms with E-state index in [9.17, 15) is 4.79 Å². The molecule has 4 rings (SSSR count). The second-order valence-corrected chi connectivity index (χ2v) is 6.78. The highest BCUT2D eigenvalue weighted by molar-refractivity contribution is 5.72. The third kappa shape index (κ3) is 3.16. The molecule has 136 valence electrons. The SMILES string of the molecule is CCC1CNc2ccc(-c3cnc(N4CCC(C(=O)O)C4)nc3)cc2O1. The Morgan fingerprint density at radius 3 is 2.85 bits per heavy atom. The lowest BCUT2D eigenvalue weighted by atomic mass is 10.1. The Kier molecular flexibility index (Phi) is 4.36. The van der Waals surface area contributed by atoms with Crippen molar-refractivity contribution in [3.05, 3.63) is 30.6 Å². The summed E-state index contributed by atoms with van der Waals surface area (Å²) in [5.41, 5.74) is 2.92. The molecule has 26 heavy (non-hydrogen) atoms. The van der Waals surface area contributed by atoms with E-state index >= 15 is 0 Å². The van der Waals surface area contributed by atoms with Gasteiger partial charge in [0.2, 0.25) is 5.95 Å². The molecule has 3 heterocycles. The maximum Gasteiger partial charge on any atom is 0.308 e. The number of carboxylic acids is 1. The van der Waals surface area contributed by atoms with Gasteiger partial charge in [0.15, 0.2) is 0 Å². The van der Waals surface area contributed by atoms with Gasteiger partial charge in [0.25, 0.3) is 0 Å². The molecule has 0 saturated carbocycles. The topological polar surface area (TPSA) is 87.6 Å². The van der Waals surface area contributed by atoms with E-state index in [1.54, 1.807) is 12.4 Å². The zero-order valence-electron chi connectivity index (χ0n) is 14.7. The van der Waals surface area contributed by atoms with Crippen LogP contribution in [0.15, 0.2) is 30.6 Å². The minimum Gasteiger partial charge on any atom is -0.486 e. The summed E-state index contributed by atoms with van der Waals surface area (Å²) in [6.07, 6.45) is 5.35. The van der Waals surface area contributed by atoms with Crippen molar-refractivity contribution in [2.24, 2.45) is 5.92 Å². The Hall–Kier alpha value is -2.83. The molecule has 0 amide bonds. The van der Waals surface area contributed by atoms with Crippen molar-refractivity contribution in [1.82, 2.24) is 9.97 Å². The number of carbonyl (C=O) groups is 1. The fourth-order valence-electron chi connectivity index (χ4n) is 3.40. The molecule has 2 atom stereocenters. The van der Waals surface area contributed by atoms with Gasteiger partial charge in [-0.1, -0.05) is 13.0 Å². The molecule has 1 aromatic heterocycles. The van der Waals surface area contributed by atoms with Crippen LogP contribution < -0.4 is 15.0 Å². The lowest BCUT2D eigenvalue weighted by molar-refractivity contribution is -0.140. The summed E-state index contributed by atoms with van der Waals surface area (Å²) in [6.45, 7) is 4.08. The van der Waals surface area contributed by atoms with Gasteiger partial charge in [0.05, 0.1) is 18.2 Å². The Bertz CT molecular complexity index is 809. The van der Waals surface area contributed by atoms with E-state index in [0.29, 0.717) is 25.5 Å². The molecular formula is C19H22N4O3. The fraction of sp³-hybridized carbons (Fsp3) is 0.421. The zero-order valence-corrected chi connectivity index (χ0v) is 14.7. The molecule has 2 aliphatic rings. The molecule has 7 heteroatoms. The van der Waals surface area contributed by atoms with Crippen LogP contribution in [0, 0.1) is 5.92 Å². The molecule has 0 bridgehead atoms. The van der Waals surface area contributed by atoms with Gasteiger partial charge < -0.3 is 20.1 Å². The number of fused-ring (bicyclic) bond motifs is 1. The lowest BCUT2D eigenvalue weighted by Gasteiger charge is -2.27. The second-order valence-electron chi connectivity index (χ2n) is 6.78. The van der Waals surface area contributed by atoms with Crippen LogP contribution in [0.5, 0.6) is 5.75 Å². The van der Waals surface area contributed by atoms with Crippen LogP contribution in [0.1, 0.15) is 19.8 Å². The first-order chi connectivity index (χ1) is 12.6. The number of hydrogen-bond donors (Lipinski definition) is 2. The van der Waals surface area contributed by atoms with E-state index in [-0.39, 0.29) is 12.0 Å². The summed E-state index contributed by atoms with van der Waals surface area (Å²) in [5, 5.41) is 12.5. The maximum atomic E-state index is 11.1. The molecular weight excluding hydrogens is 332 g/mol. The minimum atomic E-state index is -0.753. The van der Waals surface area contributed by atoms with Crippen LogP contribution in [-0.4, -0.2) is 46.8 Å². The van der Waals surface area contributed by atoms with Gasteiger partial charge in [-0.2, -0.15) is 0 Å². The van der Waals surface area contributed by atoms with Crippen LogP contribution in [0.2, 0.25) is 0 Å². The predicted octanol–water partition coefficient (Wildman–Crippen LogP) is 2.64. The van der Waals surface area contributed by atoms with Crippen molar-refractivity contribution in [3.8, 4) is 16.9 Å². The highest BCUT2D eigenvalue weighted by atomic mass is 16.5. The number of hydrogen-bond acceptors (Lipinski definition) is 6. The van der Waals surface area contributed by atoms with Crippen molar-refractivity contribution >= 4 is 17.6 Å². The number of anilines is 2. The highest BCUT2D eigenvalue weighted by Gasteiger charge is 2.29. The standard InChI is InChI=1S/C19H22N4O3/c1-2-15-10-20-16-4-3-12(7-17(16)26-15)14-8-21-19(22-9-14)23-6-5-13(11-23)18(24)25/h3-4,7-9,13,15,20H,2,5-6,10-11H2,1H3,(H,24,25). The largest absolute Gasteiger partial charge is 0.486 e. The first-order valence-electron chi connectivity index (χ1n) is 8.98. The number of rotatable bonds is 4. The van der Waals surface area contributed by atoms with E-state index < -0.39 is 5.97 Å². The number of aromatic nitrogens is 2. The number of aliphatic carboxylic acids is 1. The molecule has 1 aromatic carbocycles. The summed E-state index contributed by atoms with van der Waals surface area (Å²) < 4.78 is 6.02. The van der Waals surface area contributed by atoms with Crippen molar-refractivity contribution in [2.75, 3.05) is 29.9 Å². The van der Waals surface area contributed by atoms with E-state index in [4.69, 9.17) is 9.84 Å². The highest BCUT2D eigenvalue weighted by Crippen LogP contribution is 2.34. The molecule has 0 aliphatic carbocycles. The van der Waals surface area contributed by atoms with Gasteiger partial charge in [-0.15, -0.1) is 0 Å². The summed E-state index contributed by atoms with van der Waals surface area (Å²) in [7, 11) is 0. The van der Waals surface area contributed by atoms with Crippen molar-refractivity contribution < 1.29 is 14.6 Å². The van der Waals surface area contributed by atoms with Gasteiger partial charge in [0, 0.05) is 31.0 Å². The van der Waals surface area contributed by atoms with Crippen LogP contribution >= 0.6 is 0 Å². The molecule has 1 fully saturated rings. The number of nitrogens with one attached hydrogen (secondary N) is 1. The third-order valence-electron chi connectivity index (χ3n) is 5.04. The predicted molar refractivity (Wildman–Crippen MR) is 98.6 cm³/mol. The summed E-state index contributed by atoms with van der Waals surface area (Å²) in [5.74, 6) is 0.347. The monoisotopic (exact) mass is 354 g/mol. The molecule has 2 aliphatic heterocycles. The Labute approximate surface area is 152 Å². The average Bonchev–Trinajstić information content (AvgIpc) is 3.18. The summed E-state index contributed by atoms with van der Waals surface area (Å²) in [6, 6.07) is 6.05. The number of ether oxygens (including phenoxy) is 1. The smallest absolute Gasteiger partial charge is 0.308 e. The molecule has 2 N–H and O–H groups in total. The number of carboxylic acid groups (broad SMARTS) is 1. The summed E-state index contributed by atoms with van der Waals surface area (Å²) >= 11 is 0. The first kappa shape index (κ1) is 16.6. The normalized spacial score (nSPS) is 21.7. The molecule has 0 spiro atoms. The molecule has 0 radical (unpaired) electrons. The number of nitrogens with zero attached hydrogens (tertiary/aromatic N) is 3. The average molecular weight is 354 g/mol. The van der Waals surface area contributed by atoms with Gasteiger partial charge in [0.1, 0.15) is 11.9 Å². The fourth-order valence-corrected chi connectivity index (χ4v) is 3.40. The Morgan fingerprint density at radius 1 is 1.35 bits per heavy atom. The van der Waals surface area contributed by atoms with E-state index in [1.165, 1.54) is 0 Å². The van der Waals surface area contributed by atoms with E-state index in [1.807, 2.05) is 23.1 Å². The minimum absolute atomic E-state index is 0.189. The van der Waals surface area contributed by atoms with Crippen molar-refractivity contribution in [3.63, 3.8) is 0 Å². The van der Waals surface area contributed by atoms with E-state index in [0.717, 1.165) is 35.5 Å². The number of benzene rings is 1. The molecule has 2 unspecified atom stereocenters. The van der Waals surface area contributed by atoms with E-state index in [2.05, 4.69) is 22.2 Å². The van der Waals surface area contributed by atoms with Crippen molar-refractivity contribution in [2.45, 2.75) is 25.9 Å². The van der Waals surface area contributed by atoms with Crippen LogP contribution in [0.25, 0.3) is 11.1 Å². The quantitative estimate of drug-likeness (QED) is 0.872. The van der Waals surface area contributed by atoms with Gasteiger partial charge in [-0.25, -0.2) is 9.97 Å². The van der Waals surface area contributed by atoms with Gasteiger partial charge in [-0.3, -0.25) is 4.79 Å². The molecule has 1 saturated heterocycles. The molecule has 7 nitrogen and oxygen atoms in total. The van der Waals surface area contributed by atoms with Gasteiger partial charge >= 0.3 is 5.97 Å². The van der Waals surface area contributed by atoms with Crippen LogP contribution in [-0.2, 0) is 4.79 Å². The van der Waals surface area contributed by atoms with Gasteiger partial charge in [-0.05, 0) is 30.5 Å². The van der Waals surface area contributed by atoms with Crippen molar-refractivity contribution in [1.29, 1.82) is 0 Å². The second kappa shape index (κ2) is 6.82. The van der Waals surface area contributed by atoms with Crippen LogP contribution in [0.3, 0.4) is 0 Å². The Balaban J connectivity index is 1.52. The first-order valence-corrected chi connectivity index (χ1v) is 8.98. The maximum absolute atomic E-state index is 11.1. The third-order valence-corrected chi connectivity index (χ3v) is 5.04. The molecule has 2 aromatic rings. The summed E-state index contributed by atoms with van der Waals surface area (Å²) in [4.78, 5) is 21.9.